The van der Waals surface area contributed by atoms with Crippen molar-refractivity contribution in [3.8, 4) is 0 Å². The Balaban J connectivity index is 2.55. The van der Waals surface area contributed by atoms with Gasteiger partial charge in [0.25, 0.3) is 0 Å². The van der Waals surface area contributed by atoms with Gasteiger partial charge in [-0.1, -0.05) is 72.1 Å². The van der Waals surface area contributed by atoms with Gasteiger partial charge in [0.1, 0.15) is 5.41 Å². The third-order valence-corrected chi connectivity index (χ3v) is 7.87. The molecule has 8 nitrogen and oxygen atoms in total. The molecule has 1 aliphatic carbocycles. The zero-order valence-corrected chi connectivity index (χ0v) is 22.5. The Bertz CT molecular complexity index is 869. The first-order chi connectivity index (χ1) is 17.2. The van der Waals surface area contributed by atoms with Gasteiger partial charge in [0, 0.05) is 12.4 Å². The third-order valence-electron chi connectivity index (χ3n) is 7.87. The SMILES string of the molecule is CCCC(CC(C)C)(C(=O)NN)C(=O)[C@@H](c1cnccc1C)[C@H](CCCC1CCCCC1)C(=O)NO. The van der Waals surface area contributed by atoms with Crippen LogP contribution in [0.5, 0.6) is 0 Å². The fraction of sp³-hybridized carbons (Fsp3) is 0.714. The number of nitrogens with two attached hydrogens (primary N) is 1. The number of carbonyl (C=O) groups excluding carboxylic acids is 3. The van der Waals surface area contributed by atoms with Gasteiger partial charge in [-0.3, -0.25) is 30.0 Å². The van der Waals surface area contributed by atoms with Gasteiger partial charge < -0.3 is 0 Å². The van der Waals surface area contributed by atoms with E-state index in [1.54, 1.807) is 18.5 Å². The number of hydrazine groups is 1. The Hall–Kier alpha value is -2.32. The van der Waals surface area contributed by atoms with Crippen molar-refractivity contribution in [1.29, 1.82) is 0 Å². The Morgan fingerprint density at radius 3 is 2.47 bits per heavy atom. The van der Waals surface area contributed by atoms with Gasteiger partial charge in [-0.15, -0.1) is 0 Å². The molecule has 2 amide bonds. The molecule has 1 unspecified atom stereocenters. The normalized spacial score (nSPS) is 17.8. The average molecular weight is 503 g/mol. The predicted molar refractivity (Wildman–Crippen MR) is 140 cm³/mol. The van der Waals surface area contributed by atoms with Crippen LogP contribution in [-0.4, -0.2) is 27.8 Å². The number of amides is 2. The predicted octanol–water partition coefficient (Wildman–Crippen LogP) is 4.74. The largest absolute Gasteiger partial charge is 0.298 e. The standard InChI is InChI=1S/C28H46N4O4/c1-5-15-28(17-19(2)3,27(35)31-29)25(33)24(23-18-30-16-14-20(23)4)22(26(34)32-36)13-9-12-21-10-7-6-8-11-21/h14,16,18-19,21-22,24,36H,5-13,15,17,29H2,1-4H3,(H,31,35)(H,32,34)/t22-,24+,28?/m0/s1. The van der Waals surface area contributed by atoms with Crippen molar-refractivity contribution >= 4 is 17.6 Å². The summed E-state index contributed by atoms with van der Waals surface area (Å²) in [5, 5.41) is 9.68. The van der Waals surface area contributed by atoms with Crippen molar-refractivity contribution < 1.29 is 19.6 Å². The van der Waals surface area contributed by atoms with E-state index in [1.165, 1.54) is 32.1 Å². The van der Waals surface area contributed by atoms with Crippen LogP contribution in [0.1, 0.15) is 108 Å². The molecule has 0 aliphatic heterocycles. The summed E-state index contributed by atoms with van der Waals surface area (Å²) < 4.78 is 0. The lowest BCUT2D eigenvalue weighted by Crippen LogP contribution is -2.53. The molecule has 1 aromatic heterocycles. The maximum Gasteiger partial charge on any atom is 0.247 e. The number of hydroxylamine groups is 1. The molecule has 8 heteroatoms. The second kappa shape index (κ2) is 14.4. The van der Waals surface area contributed by atoms with E-state index in [0.717, 1.165) is 18.4 Å². The second-order valence-electron chi connectivity index (χ2n) is 11.0. The topological polar surface area (TPSA) is 134 Å². The van der Waals surface area contributed by atoms with Gasteiger partial charge in [-0.05, 0) is 55.2 Å². The van der Waals surface area contributed by atoms with Crippen LogP contribution >= 0.6 is 0 Å². The quantitative estimate of drug-likeness (QED) is 0.0954. The number of hydrogen-bond donors (Lipinski definition) is 4. The third kappa shape index (κ3) is 7.35. The molecule has 0 radical (unpaired) electrons. The van der Waals surface area contributed by atoms with Crippen LogP contribution in [0.4, 0.5) is 0 Å². The van der Waals surface area contributed by atoms with Crippen molar-refractivity contribution in [2.24, 2.45) is 29.0 Å². The highest BCUT2D eigenvalue weighted by Crippen LogP contribution is 2.43. The molecule has 0 saturated heterocycles. The van der Waals surface area contributed by atoms with Crippen molar-refractivity contribution in [3.05, 3.63) is 29.6 Å². The Morgan fingerprint density at radius 1 is 1.22 bits per heavy atom. The number of nitrogens with zero attached hydrogens (tertiary/aromatic N) is 1. The maximum atomic E-state index is 14.6. The van der Waals surface area contributed by atoms with Gasteiger partial charge in [-0.2, -0.15) is 0 Å². The van der Waals surface area contributed by atoms with Crippen LogP contribution in [0.3, 0.4) is 0 Å². The van der Waals surface area contributed by atoms with Crippen LogP contribution in [-0.2, 0) is 14.4 Å². The van der Waals surface area contributed by atoms with Crippen molar-refractivity contribution in [2.75, 3.05) is 0 Å². The zero-order chi connectivity index (χ0) is 26.7. The Kier molecular flexibility index (Phi) is 12.0. The first-order valence-electron chi connectivity index (χ1n) is 13.6. The summed E-state index contributed by atoms with van der Waals surface area (Å²) in [4.78, 5) is 45.2. The fourth-order valence-corrected chi connectivity index (χ4v) is 6.18. The van der Waals surface area contributed by atoms with E-state index in [1.807, 2.05) is 33.2 Å². The maximum absolute atomic E-state index is 14.6. The number of Topliss-reactive ketones (excluding diaryl/α,β-unsaturated/α-hetero) is 1. The minimum absolute atomic E-state index is 0.0462. The molecule has 0 spiro atoms. The Morgan fingerprint density at radius 2 is 1.92 bits per heavy atom. The molecular weight excluding hydrogens is 456 g/mol. The molecule has 2 rings (SSSR count). The molecule has 1 heterocycles. The molecule has 202 valence electrons. The van der Waals surface area contributed by atoms with Gasteiger partial charge in [0.2, 0.25) is 11.8 Å². The van der Waals surface area contributed by atoms with E-state index in [9.17, 15) is 19.6 Å². The van der Waals surface area contributed by atoms with Crippen molar-refractivity contribution in [1.82, 2.24) is 15.9 Å². The monoisotopic (exact) mass is 502 g/mol. The lowest BCUT2D eigenvalue weighted by atomic mass is 9.64. The van der Waals surface area contributed by atoms with Crippen molar-refractivity contribution in [2.45, 2.75) is 104 Å². The van der Waals surface area contributed by atoms with Gasteiger partial charge in [0.15, 0.2) is 5.78 Å². The van der Waals surface area contributed by atoms with E-state index in [0.29, 0.717) is 37.2 Å². The minimum Gasteiger partial charge on any atom is -0.298 e. The van der Waals surface area contributed by atoms with Crippen LogP contribution in [0.25, 0.3) is 0 Å². The lowest BCUT2D eigenvalue weighted by molar-refractivity contribution is -0.149. The summed E-state index contributed by atoms with van der Waals surface area (Å²) >= 11 is 0. The van der Waals surface area contributed by atoms with Gasteiger partial charge in [0.05, 0.1) is 11.8 Å². The molecule has 36 heavy (non-hydrogen) atoms. The summed E-state index contributed by atoms with van der Waals surface area (Å²) in [5.74, 6) is 3.06. The molecule has 0 bridgehead atoms. The van der Waals surface area contributed by atoms with Crippen LogP contribution in [0.2, 0.25) is 0 Å². The number of carbonyl (C=O) groups is 3. The summed E-state index contributed by atoms with van der Waals surface area (Å²) in [5.41, 5.74) is 4.09. The van der Waals surface area contributed by atoms with Crippen LogP contribution in [0, 0.1) is 30.1 Å². The van der Waals surface area contributed by atoms with E-state index < -0.39 is 29.1 Å². The number of pyridine rings is 1. The fourth-order valence-electron chi connectivity index (χ4n) is 6.18. The highest BCUT2D eigenvalue weighted by molar-refractivity contribution is 6.10. The van der Waals surface area contributed by atoms with Crippen LogP contribution in [0.15, 0.2) is 18.5 Å². The van der Waals surface area contributed by atoms with Gasteiger partial charge >= 0.3 is 0 Å². The highest BCUT2D eigenvalue weighted by Gasteiger charge is 2.51. The summed E-state index contributed by atoms with van der Waals surface area (Å²) in [6, 6.07) is 1.80. The summed E-state index contributed by atoms with van der Waals surface area (Å²) in [6.45, 7) is 7.74. The molecular formula is C28H46N4O4. The number of ketones is 1. The molecule has 0 aromatic carbocycles. The summed E-state index contributed by atoms with van der Waals surface area (Å²) in [7, 11) is 0. The molecule has 3 atom stereocenters. The zero-order valence-electron chi connectivity index (χ0n) is 22.5. The summed E-state index contributed by atoms with van der Waals surface area (Å²) in [6.07, 6.45) is 12.8. The number of nitrogens with one attached hydrogen (secondary N) is 2. The second-order valence-corrected chi connectivity index (χ2v) is 11.0. The smallest absolute Gasteiger partial charge is 0.247 e. The first kappa shape index (κ1) is 29.9. The minimum atomic E-state index is -1.39. The van der Waals surface area contributed by atoms with Crippen molar-refractivity contribution in [3.63, 3.8) is 0 Å². The number of aromatic nitrogens is 1. The highest BCUT2D eigenvalue weighted by atomic mass is 16.5. The van der Waals surface area contributed by atoms with E-state index in [2.05, 4.69) is 10.4 Å². The molecule has 1 aliphatic rings. The number of hydrogen-bond acceptors (Lipinski definition) is 6. The van der Waals surface area contributed by atoms with E-state index in [4.69, 9.17) is 5.84 Å². The molecule has 1 saturated carbocycles. The first-order valence-corrected chi connectivity index (χ1v) is 13.6. The Labute approximate surface area is 216 Å². The van der Waals surface area contributed by atoms with E-state index in [-0.39, 0.29) is 11.7 Å². The van der Waals surface area contributed by atoms with Gasteiger partial charge in [-0.25, -0.2) is 11.3 Å². The van der Waals surface area contributed by atoms with E-state index >= 15 is 0 Å². The lowest BCUT2D eigenvalue weighted by Gasteiger charge is -2.37. The van der Waals surface area contributed by atoms with Crippen LogP contribution < -0.4 is 16.7 Å². The average Bonchev–Trinajstić information content (AvgIpc) is 2.87. The number of rotatable bonds is 14. The molecule has 1 aromatic rings. The molecule has 1 fully saturated rings. The molecule has 5 N–H and O–H groups in total. The number of aryl methyl sites for hydroxylation is 1.